The van der Waals surface area contributed by atoms with E-state index >= 15 is 0 Å². The van der Waals surface area contributed by atoms with Gasteiger partial charge in [-0.05, 0) is 62.2 Å². The SMILES string of the molecule is COC(=O)c1ccc(Cl)c(S(=O)(=O)NCCCCN2CCN(c3cccc(C)c3)CC2)c1. The van der Waals surface area contributed by atoms with Gasteiger partial charge in [-0.3, -0.25) is 4.90 Å². The molecule has 1 saturated heterocycles. The fourth-order valence-corrected chi connectivity index (χ4v) is 5.35. The number of nitrogens with one attached hydrogen (secondary N) is 1. The molecule has 9 heteroatoms. The fourth-order valence-electron chi connectivity index (χ4n) is 3.75. The fraction of sp³-hybridized carbons (Fsp3) is 0.435. The van der Waals surface area contributed by atoms with Crippen LogP contribution in [0, 0.1) is 6.92 Å². The summed E-state index contributed by atoms with van der Waals surface area (Å²) in [5.41, 5.74) is 2.68. The summed E-state index contributed by atoms with van der Waals surface area (Å²) in [6.07, 6.45) is 1.61. The molecule has 7 nitrogen and oxygen atoms in total. The van der Waals surface area contributed by atoms with Crippen molar-refractivity contribution in [2.45, 2.75) is 24.7 Å². The van der Waals surface area contributed by atoms with E-state index in [0.29, 0.717) is 13.0 Å². The molecule has 174 valence electrons. The van der Waals surface area contributed by atoms with Crippen LogP contribution in [0.2, 0.25) is 5.02 Å². The summed E-state index contributed by atoms with van der Waals surface area (Å²) in [6, 6.07) is 12.6. The van der Waals surface area contributed by atoms with Gasteiger partial charge in [0, 0.05) is 38.4 Å². The van der Waals surface area contributed by atoms with Crippen LogP contribution in [0.1, 0.15) is 28.8 Å². The Hall–Kier alpha value is -2.13. The van der Waals surface area contributed by atoms with Gasteiger partial charge in [0.2, 0.25) is 10.0 Å². The Kier molecular flexibility index (Phi) is 8.53. The van der Waals surface area contributed by atoms with E-state index in [4.69, 9.17) is 11.6 Å². The second-order valence-corrected chi connectivity index (χ2v) is 10.1. The van der Waals surface area contributed by atoms with Crippen LogP contribution < -0.4 is 9.62 Å². The molecular weight excluding hydrogens is 450 g/mol. The van der Waals surface area contributed by atoms with Crippen LogP contribution in [-0.2, 0) is 14.8 Å². The molecule has 0 saturated carbocycles. The van der Waals surface area contributed by atoms with Gasteiger partial charge in [0.1, 0.15) is 4.90 Å². The number of nitrogens with zero attached hydrogens (tertiary/aromatic N) is 2. The molecular formula is C23H30ClN3O4S. The van der Waals surface area contributed by atoms with E-state index < -0.39 is 16.0 Å². The summed E-state index contributed by atoms with van der Waals surface area (Å²) in [6.45, 7) is 7.32. The Bertz CT molecular complexity index is 1040. The van der Waals surface area contributed by atoms with Crippen molar-refractivity contribution in [2.24, 2.45) is 0 Å². The predicted octanol–water partition coefficient (Wildman–Crippen LogP) is 3.32. The third kappa shape index (κ3) is 6.45. The lowest BCUT2D eigenvalue weighted by atomic mass is 10.2. The first-order valence-corrected chi connectivity index (χ1v) is 12.6. The van der Waals surface area contributed by atoms with Gasteiger partial charge in [-0.15, -0.1) is 0 Å². The highest BCUT2D eigenvalue weighted by Gasteiger charge is 2.20. The number of anilines is 1. The zero-order chi connectivity index (χ0) is 23.1. The molecule has 0 aromatic heterocycles. The van der Waals surface area contributed by atoms with Crippen LogP contribution in [0.5, 0.6) is 0 Å². The topological polar surface area (TPSA) is 78.9 Å². The van der Waals surface area contributed by atoms with Crippen molar-refractivity contribution in [3.63, 3.8) is 0 Å². The number of benzene rings is 2. The number of carbonyl (C=O) groups excluding carboxylic acids is 1. The summed E-state index contributed by atoms with van der Waals surface area (Å²) in [5.74, 6) is -0.611. The summed E-state index contributed by atoms with van der Waals surface area (Å²) in [7, 11) is -2.57. The Balaban J connectivity index is 1.42. The second-order valence-electron chi connectivity index (χ2n) is 7.91. The van der Waals surface area contributed by atoms with Crippen molar-refractivity contribution < 1.29 is 17.9 Å². The van der Waals surface area contributed by atoms with Crippen LogP contribution in [0.15, 0.2) is 47.4 Å². The molecule has 1 aliphatic rings. The normalized spacial score (nSPS) is 15.0. The standard InChI is InChI=1S/C23H30ClN3O4S/c1-18-6-5-7-20(16-18)27-14-12-26(13-15-27)11-4-3-10-25-32(29,30)22-17-19(23(28)31-2)8-9-21(22)24/h5-9,16-17,25H,3-4,10-15H2,1-2H3. The van der Waals surface area contributed by atoms with Gasteiger partial charge in [0.15, 0.2) is 0 Å². The lowest BCUT2D eigenvalue weighted by Gasteiger charge is -2.36. The lowest BCUT2D eigenvalue weighted by Crippen LogP contribution is -2.46. The van der Waals surface area contributed by atoms with Crippen LogP contribution in [0.3, 0.4) is 0 Å². The largest absolute Gasteiger partial charge is 0.465 e. The molecule has 2 aromatic rings. The first-order valence-electron chi connectivity index (χ1n) is 10.7. The van der Waals surface area contributed by atoms with E-state index in [1.807, 2.05) is 0 Å². The maximum absolute atomic E-state index is 12.6. The molecule has 0 aliphatic carbocycles. The number of methoxy groups -OCH3 is 1. The number of hydrogen-bond acceptors (Lipinski definition) is 6. The molecule has 0 unspecified atom stereocenters. The molecule has 0 spiro atoms. The second kappa shape index (κ2) is 11.1. The zero-order valence-electron chi connectivity index (χ0n) is 18.5. The van der Waals surface area contributed by atoms with Crippen molar-refractivity contribution in [1.29, 1.82) is 0 Å². The summed E-state index contributed by atoms with van der Waals surface area (Å²) in [5, 5.41) is 0.0663. The first kappa shape index (κ1) is 24.5. The molecule has 2 aromatic carbocycles. The van der Waals surface area contributed by atoms with E-state index in [9.17, 15) is 13.2 Å². The molecule has 1 aliphatic heterocycles. The average molecular weight is 480 g/mol. The maximum Gasteiger partial charge on any atom is 0.337 e. The summed E-state index contributed by atoms with van der Waals surface area (Å²) >= 11 is 6.05. The Morgan fingerprint density at radius 1 is 1.09 bits per heavy atom. The van der Waals surface area contributed by atoms with E-state index in [1.54, 1.807) is 0 Å². The number of sulfonamides is 1. The van der Waals surface area contributed by atoms with Crippen molar-refractivity contribution in [2.75, 3.05) is 51.3 Å². The van der Waals surface area contributed by atoms with E-state index in [0.717, 1.165) is 39.1 Å². The number of hydrogen-bond donors (Lipinski definition) is 1. The number of rotatable bonds is 9. The van der Waals surface area contributed by atoms with Crippen LogP contribution in [0.4, 0.5) is 5.69 Å². The van der Waals surface area contributed by atoms with E-state index in [1.165, 1.54) is 36.6 Å². The quantitative estimate of drug-likeness (QED) is 0.439. The smallest absolute Gasteiger partial charge is 0.337 e. The van der Waals surface area contributed by atoms with Crippen molar-refractivity contribution in [3.8, 4) is 0 Å². The Morgan fingerprint density at radius 3 is 2.53 bits per heavy atom. The van der Waals surface area contributed by atoms with Crippen LogP contribution >= 0.6 is 11.6 Å². The number of ether oxygens (including phenoxy) is 1. The number of aryl methyl sites for hydroxylation is 1. The first-order chi connectivity index (χ1) is 15.3. The minimum Gasteiger partial charge on any atom is -0.465 e. The zero-order valence-corrected chi connectivity index (χ0v) is 20.1. The molecule has 32 heavy (non-hydrogen) atoms. The molecule has 1 fully saturated rings. The van der Waals surface area contributed by atoms with Crippen molar-refractivity contribution in [3.05, 3.63) is 58.6 Å². The van der Waals surface area contributed by atoms with Gasteiger partial charge >= 0.3 is 5.97 Å². The molecule has 1 N–H and O–H groups in total. The minimum absolute atomic E-state index is 0.0663. The van der Waals surface area contributed by atoms with Crippen molar-refractivity contribution in [1.82, 2.24) is 9.62 Å². The summed E-state index contributed by atoms with van der Waals surface area (Å²) < 4.78 is 32.5. The number of piperazine rings is 1. The van der Waals surface area contributed by atoms with Gasteiger partial charge in [0.05, 0.1) is 17.7 Å². The van der Waals surface area contributed by atoms with Crippen molar-refractivity contribution >= 4 is 33.3 Å². The highest BCUT2D eigenvalue weighted by molar-refractivity contribution is 7.89. The third-order valence-electron chi connectivity index (χ3n) is 5.57. The molecule has 0 bridgehead atoms. The highest BCUT2D eigenvalue weighted by Crippen LogP contribution is 2.23. The van der Waals surface area contributed by atoms with Gasteiger partial charge in [0.25, 0.3) is 0 Å². The number of carbonyl (C=O) groups is 1. The van der Waals surface area contributed by atoms with Gasteiger partial charge < -0.3 is 9.64 Å². The molecule has 0 atom stereocenters. The number of unbranched alkanes of at least 4 members (excludes halogenated alkanes) is 1. The van der Waals surface area contributed by atoms with E-state index in [-0.39, 0.29) is 15.5 Å². The van der Waals surface area contributed by atoms with Gasteiger partial charge in [-0.25, -0.2) is 17.9 Å². The Labute approximate surface area is 195 Å². The lowest BCUT2D eigenvalue weighted by molar-refractivity contribution is 0.0600. The molecule has 0 radical (unpaired) electrons. The highest BCUT2D eigenvalue weighted by atomic mass is 35.5. The molecule has 0 amide bonds. The van der Waals surface area contributed by atoms with Crippen LogP contribution in [0.25, 0.3) is 0 Å². The minimum atomic E-state index is -3.81. The number of esters is 1. The predicted molar refractivity (Wildman–Crippen MR) is 127 cm³/mol. The molecule has 1 heterocycles. The average Bonchev–Trinajstić information content (AvgIpc) is 2.79. The number of halogens is 1. The van der Waals surface area contributed by atoms with Crippen LogP contribution in [-0.4, -0.2) is 65.7 Å². The molecule has 3 rings (SSSR count). The van der Waals surface area contributed by atoms with Gasteiger partial charge in [-0.1, -0.05) is 23.7 Å². The Morgan fingerprint density at radius 2 is 1.84 bits per heavy atom. The van der Waals surface area contributed by atoms with Gasteiger partial charge in [-0.2, -0.15) is 0 Å². The monoisotopic (exact) mass is 479 g/mol. The van der Waals surface area contributed by atoms with E-state index in [2.05, 4.69) is 50.4 Å². The maximum atomic E-state index is 12.6. The third-order valence-corrected chi connectivity index (χ3v) is 7.52. The summed E-state index contributed by atoms with van der Waals surface area (Å²) in [4.78, 5) is 16.4.